The molecule has 12 heavy (non-hydrogen) atoms. The van der Waals surface area contributed by atoms with Crippen molar-refractivity contribution in [3.8, 4) is 0 Å². The molecular weight excluding hydrogens is 2130 g/mol. The predicted molar refractivity (Wildman–Crippen MR) is 6.41 cm³/mol. The summed E-state index contributed by atoms with van der Waals surface area (Å²) >= 11 is 0. The maximum Gasteiger partial charge on any atom is 0 e. The van der Waals surface area contributed by atoms with Crippen molar-refractivity contribution in [1.29, 1.82) is 0 Å². The van der Waals surface area contributed by atoms with E-state index in [1.807, 2.05) is 0 Å². The molecule has 0 N–H and O–H groups in total. The van der Waals surface area contributed by atoms with Crippen LogP contribution in [-0.2, 0) is 221 Å². The molecule has 0 aromatic heterocycles. The first-order valence-corrected chi connectivity index (χ1v) is 0. The van der Waals surface area contributed by atoms with Gasteiger partial charge in [-0.1, -0.05) is 0 Å². The predicted octanol–water partition coefficient (Wildman–Crippen LogP) is 0.423. The minimum absolute atomic E-state index is 0. The van der Waals surface area contributed by atoms with Gasteiger partial charge in [0.15, 0.2) is 0 Å². The van der Waals surface area contributed by atoms with Crippen molar-refractivity contribution in [2.24, 2.45) is 0 Å². The first kappa shape index (κ1) is 124. The first-order valence-electron chi connectivity index (χ1n) is 0. The van der Waals surface area contributed by atoms with Crippen LogP contribution in [0.5, 0.6) is 0 Å². The molecule has 0 saturated carbocycles. The molecule has 0 fully saturated rings. The fourth-order valence-corrected chi connectivity index (χ4v) is 0. The average molecular weight is 2130 g/mol. The molecular formula is CH3Ir11-. The van der Waals surface area contributed by atoms with Gasteiger partial charge in [-0.15, -0.1) is 0 Å². The van der Waals surface area contributed by atoms with Gasteiger partial charge in [-0.05, 0) is 0 Å². The van der Waals surface area contributed by atoms with E-state index in [2.05, 4.69) is 0 Å². The Hall–Kier alpha value is 7.14. The molecule has 11 heteroatoms. The summed E-state index contributed by atoms with van der Waals surface area (Å²) in [5.74, 6) is 0. The molecule has 0 amide bonds. The summed E-state index contributed by atoms with van der Waals surface area (Å²) in [5, 5.41) is 0. The van der Waals surface area contributed by atoms with Crippen molar-refractivity contribution in [3.05, 3.63) is 7.43 Å². The Morgan fingerprint density at radius 3 is 0.167 bits per heavy atom. The standard InChI is InChI=1S/CH3.11Ir/h1H3;;;;;;;;;;;/q-1;;;;;;;;;;;. The van der Waals surface area contributed by atoms with E-state index in [9.17, 15) is 0 Å². The van der Waals surface area contributed by atoms with Crippen LogP contribution in [0.25, 0.3) is 0 Å². The SMILES string of the molecule is [CH3-].[Ir].[Ir].[Ir].[Ir].[Ir].[Ir].[Ir].[Ir].[Ir].[Ir].[Ir]. The number of hydrogen-bond donors (Lipinski definition) is 0. The molecule has 0 rings (SSSR count). The van der Waals surface area contributed by atoms with E-state index in [1.54, 1.807) is 0 Å². The van der Waals surface area contributed by atoms with Crippen LogP contribution in [0.4, 0.5) is 0 Å². The quantitative estimate of drug-likeness (QED) is 0.310. The smallest absolute Gasteiger partial charge is 0 e. The summed E-state index contributed by atoms with van der Waals surface area (Å²) < 4.78 is 0. The molecule has 0 bridgehead atoms. The third kappa shape index (κ3) is 87.6. The van der Waals surface area contributed by atoms with Gasteiger partial charge in [-0.3, -0.25) is 0 Å². The topological polar surface area (TPSA) is 0 Å². The Balaban J connectivity index is 0. The zero-order chi connectivity index (χ0) is 0. The van der Waals surface area contributed by atoms with Crippen LogP contribution in [0.15, 0.2) is 0 Å². The van der Waals surface area contributed by atoms with Crippen LogP contribution in [0, 0.1) is 7.43 Å². The fraction of sp³-hybridized carbons (Fsp3) is 0. The molecule has 0 aromatic rings. The molecule has 107 valence electrons. The van der Waals surface area contributed by atoms with Crippen molar-refractivity contribution in [1.82, 2.24) is 0 Å². The average Bonchev–Trinajstić information content (AvgIpc) is 0. The van der Waals surface area contributed by atoms with Gasteiger partial charge in [0.1, 0.15) is 0 Å². The normalized spacial score (nSPS) is 0. The van der Waals surface area contributed by atoms with Crippen LogP contribution in [0.1, 0.15) is 0 Å². The van der Waals surface area contributed by atoms with Gasteiger partial charge in [0.25, 0.3) is 0 Å². The van der Waals surface area contributed by atoms with Crippen molar-refractivity contribution in [3.63, 3.8) is 0 Å². The van der Waals surface area contributed by atoms with Gasteiger partial charge in [0, 0.05) is 221 Å². The second-order valence-electron chi connectivity index (χ2n) is 0. The Morgan fingerprint density at radius 1 is 0.167 bits per heavy atom. The van der Waals surface area contributed by atoms with Gasteiger partial charge in [-0.2, -0.15) is 0 Å². The van der Waals surface area contributed by atoms with Crippen LogP contribution >= 0.6 is 0 Å². The third-order valence-electron chi connectivity index (χ3n) is 0. The summed E-state index contributed by atoms with van der Waals surface area (Å²) in [6.45, 7) is 0. The van der Waals surface area contributed by atoms with Crippen molar-refractivity contribution in [2.75, 3.05) is 0 Å². The molecule has 0 saturated heterocycles. The first-order chi connectivity index (χ1) is 0. The van der Waals surface area contributed by atoms with E-state index in [0.717, 1.165) is 0 Å². The second kappa shape index (κ2) is 105. The molecule has 0 nitrogen and oxygen atoms in total. The molecule has 11 radical (unpaired) electrons. The summed E-state index contributed by atoms with van der Waals surface area (Å²) in [6.07, 6.45) is 0. The summed E-state index contributed by atoms with van der Waals surface area (Å²) in [4.78, 5) is 0. The summed E-state index contributed by atoms with van der Waals surface area (Å²) in [6, 6.07) is 0. The molecule has 0 aliphatic heterocycles. The van der Waals surface area contributed by atoms with Crippen molar-refractivity contribution < 1.29 is 221 Å². The zero-order valence-corrected chi connectivity index (χ0v) is 31.0. The van der Waals surface area contributed by atoms with Crippen molar-refractivity contribution >= 4 is 0 Å². The molecule has 0 heterocycles. The van der Waals surface area contributed by atoms with E-state index in [4.69, 9.17) is 0 Å². The van der Waals surface area contributed by atoms with E-state index in [0.29, 0.717) is 0 Å². The maximum atomic E-state index is 0. The maximum absolute atomic E-state index is 0. The molecule has 0 unspecified atom stereocenters. The molecule has 0 spiro atoms. The Kier molecular flexibility index (Phi) is 1080. The minimum Gasteiger partial charge on any atom is -0.358 e. The minimum atomic E-state index is 0. The van der Waals surface area contributed by atoms with E-state index >= 15 is 0 Å². The van der Waals surface area contributed by atoms with Crippen molar-refractivity contribution in [2.45, 2.75) is 0 Å². The van der Waals surface area contributed by atoms with Gasteiger partial charge in [0.05, 0.1) is 0 Å². The van der Waals surface area contributed by atoms with Crippen LogP contribution < -0.4 is 0 Å². The molecule has 0 aromatic carbocycles. The van der Waals surface area contributed by atoms with Crippen LogP contribution in [0.2, 0.25) is 0 Å². The van der Waals surface area contributed by atoms with E-state index < -0.39 is 0 Å². The molecule has 0 atom stereocenters. The Labute approximate surface area is 223 Å². The molecule has 0 aliphatic rings. The molecule has 0 aliphatic carbocycles. The second-order valence-corrected chi connectivity index (χ2v) is 0. The van der Waals surface area contributed by atoms with E-state index in [1.165, 1.54) is 0 Å². The van der Waals surface area contributed by atoms with Crippen LogP contribution in [-0.4, -0.2) is 0 Å². The van der Waals surface area contributed by atoms with E-state index in [-0.39, 0.29) is 229 Å². The van der Waals surface area contributed by atoms with Crippen LogP contribution in [0.3, 0.4) is 0 Å². The number of rotatable bonds is 0. The zero-order valence-electron chi connectivity index (χ0n) is 4.67. The Morgan fingerprint density at radius 2 is 0.167 bits per heavy atom. The largest absolute Gasteiger partial charge is 0.358 e. The summed E-state index contributed by atoms with van der Waals surface area (Å²) in [5.41, 5.74) is 0. The monoisotopic (exact) mass is 2140 g/mol. The van der Waals surface area contributed by atoms with Gasteiger partial charge < -0.3 is 7.43 Å². The fourth-order valence-electron chi connectivity index (χ4n) is 0. The number of hydrogen-bond acceptors (Lipinski definition) is 0. The third-order valence-corrected chi connectivity index (χ3v) is 0. The summed E-state index contributed by atoms with van der Waals surface area (Å²) in [7, 11) is 0. The Bertz CT molecular complexity index is 4.97. The van der Waals surface area contributed by atoms with Gasteiger partial charge in [0.2, 0.25) is 0 Å². The van der Waals surface area contributed by atoms with Gasteiger partial charge in [-0.25, -0.2) is 0 Å². The van der Waals surface area contributed by atoms with Gasteiger partial charge >= 0.3 is 0 Å².